The summed E-state index contributed by atoms with van der Waals surface area (Å²) < 4.78 is 5.58. The molecule has 2 N–H and O–H groups in total. The van der Waals surface area contributed by atoms with E-state index in [-0.39, 0.29) is 18.6 Å². The monoisotopic (exact) mass is 347 g/mol. The summed E-state index contributed by atoms with van der Waals surface area (Å²) >= 11 is 1.56. The molecule has 0 fully saturated rings. The van der Waals surface area contributed by atoms with Gasteiger partial charge >= 0.3 is 0 Å². The Hall–Kier alpha value is -1.85. The van der Waals surface area contributed by atoms with Crippen molar-refractivity contribution in [2.24, 2.45) is 0 Å². The van der Waals surface area contributed by atoms with Gasteiger partial charge in [-0.05, 0) is 56.8 Å². The Morgan fingerprint density at radius 3 is 2.46 bits per heavy atom. The number of thiophene rings is 1. The molecule has 0 saturated heterocycles. The number of carbonyl (C=O) groups is 1. The topological polar surface area (TPSA) is 58.6 Å². The Morgan fingerprint density at radius 1 is 1.25 bits per heavy atom. The van der Waals surface area contributed by atoms with Crippen LogP contribution in [0.1, 0.15) is 44.2 Å². The highest BCUT2D eigenvalue weighted by Crippen LogP contribution is 2.27. The summed E-state index contributed by atoms with van der Waals surface area (Å²) in [6, 6.07) is 11.2. The SMILES string of the molecule is CC(C)Oc1ccc(C(O)CNC(=O)C(C)(C)c2cccs2)cc1. The molecule has 0 saturated carbocycles. The number of hydrogen-bond donors (Lipinski definition) is 2. The lowest BCUT2D eigenvalue weighted by Crippen LogP contribution is -2.41. The number of ether oxygens (including phenoxy) is 1. The summed E-state index contributed by atoms with van der Waals surface area (Å²) in [5.74, 6) is 0.674. The highest BCUT2D eigenvalue weighted by atomic mass is 32.1. The summed E-state index contributed by atoms with van der Waals surface area (Å²) in [5.41, 5.74) is 0.142. The summed E-state index contributed by atoms with van der Waals surface area (Å²) in [4.78, 5) is 13.4. The fourth-order valence-corrected chi connectivity index (χ4v) is 3.16. The maximum atomic E-state index is 12.4. The standard InChI is InChI=1S/C19H25NO3S/c1-13(2)23-15-9-7-14(8-10-15)16(21)12-20-18(22)19(3,4)17-6-5-11-24-17/h5-11,13,16,21H,12H2,1-4H3,(H,20,22). The molecule has 1 aromatic carbocycles. The van der Waals surface area contributed by atoms with Gasteiger partial charge in [-0.25, -0.2) is 0 Å². The van der Waals surface area contributed by atoms with Crippen LogP contribution >= 0.6 is 11.3 Å². The van der Waals surface area contributed by atoms with Gasteiger partial charge in [0.25, 0.3) is 0 Å². The van der Waals surface area contributed by atoms with Crippen LogP contribution in [0.5, 0.6) is 5.75 Å². The first-order valence-electron chi connectivity index (χ1n) is 8.07. The third kappa shape index (κ3) is 4.58. The number of amides is 1. The predicted molar refractivity (Wildman–Crippen MR) is 97.5 cm³/mol. The Morgan fingerprint density at radius 2 is 1.92 bits per heavy atom. The average Bonchev–Trinajstić information content (AvgIpc) is 3.07. The van der Waals surface area contributed by atoms with Crippen molar-refractivity contribution < 1.29 is 14.6 Å². The molecule has 0 aliphatic heterocycles. The van der Waals surface area contributed by atoms with Gasteiger partial charge in [-0.2, -0.15) is 0 Å². The maximum Gasteiger partial charge on any atom is 0.231 e. The minimum atomic E-state index is -0.749. The molecule has 1 unspecified atom stereocenters. The number of carbonyl (C=O) groups excluding carboxylic acids is 1. The second kappa shape index (κ2) is 7.81. The normalized spacial score (nSPS) is 12.9. The van der Waals surface area contributed by atoms with Gasteiger partial charge in [-0.1, -0.05) is 18.2 Å². The first kappa shape index (κ1) is 18.5. The van der Waals surface area contributed by atoms with Gasteiger partial charge in [-0.3, -0.25) is 4.79 Å². The van der Waals surface area contributed by atoms with Gasteiger partial charge in [0.1, 0.15) is 5.75 Å². The summed E-state index contributed by atoms with van der Waals surface area (Å²) in [6.45, 7) is 7.89. The number of benzene rings is 1. The predicted octanol–water partition coefficient (Wildman–Crippen LogP) is 3.66. The zero-order chi connectivity index (χ0) is 17.7. The van der Waals surface area contributed by atoms with Crippen molar-refractivity contribution >= 4 is 17.2 Å². The van der Waals surface area contributed by atoms with E-state index in [0.29, 0.717) is 0 Å². The fraction of sp³-hybridized carbons (Fsp3) is 0.421. The Bertz CT molecular complexity index is 648. The highest BCUT2D eigenvalue weighted by Gasteiger charge is 2.30. The zero-order valence-corrected chi connectivity index (χ0v) is 15.4. The van der Waals surface area contributed by atoms with E-state index in [0.717, 1.165) is 16.2 Å². The van der Waals surface area contributed by atoms with Crippen molar-refractivity contribution in [2.75, 3.05) is 6.54 Å². The van der Waals surface area contributed by atoms with Crippen LogP contribution < -0.4 is 10.1 Å². The molecular formula is C19H25NO3S. The third-order valence-electron chi connectivity index (χ3n) is 3.80. The van der Waals surface area contributed by atoms with Crippen LogP contribution in [-0.4, -0.2) is 23.7 Å². The molecule has 0 spiro atoms. The van der Waals surface area contributed by atoms with E-state index in [4.69, 9.17) is 4.74 Å². The van der Waals surface area contributed by atoms with Crippen LogP contribution in [0.3, 0.4) is 0 Å². The number of nitrogens with one attached hydrogen (secondary N) is 1. The molecule has 1 aromatic heterocycles. The molecule has 1 atom stereocenters. The molecule has 2 aromatic rings. The van der Waals surface area contributed by atoms with Gasteiger partial charge in [0.15, 0.2) is 0 Å². The molecule has 24 heavy (non-hydrogen) atoms. The molecule has 130 valence electrons. The Kier molecular flexibility index (Phi) is 6.02. The molecule has 1 amide bonds. The summed E-state index contributed by atoms with van der Waals surface area (Å²) in [7, 11) is 0. The molecular weight excluding hydrogens is 322 g/mol. The molecule has 0 aliphatic rings. The lowest BCUT2D eigenvalue weighted by Gasteiger charge is -2.23. The minimum absolute atomic E-state index is 0.0937. The first-order chi connectivity index (χ1) is 11.3. The van der Waals surface area contributed by atoms with Crippen molar-refractivity contribution in [3.63, 3.8) is 0 Å². The lowest BCUT2D eigenvalue weighted by atomic mass is 9.90. The van der Waals surface area contributed by atoms with E-state index in [9.17, 15) is 9.90 Å². The van der Waals surface area contributed by atoms with Crippen LogP contribution in [0.15, 0.2) is 41.8 Å². The fourth-order valence-electron chi connectivity index (χ4n) is 2.31. The van der Waals surface area contributed by atoms with Crippen LogP contribution in [0.4, 0.5) is 0 Å². The number of aliphatic hydroxyl groups excluding tert-OH is 1. The molecule has 4 nitrogen and oxygen atoms in total. The van der Waals surface area contributed by atoms with E-state index >= 15 is 0 Å². The highest BCUT2D eigenvalue weighted by molar-refractivity contribution is 7.10. The Labute approximate surface area is 147 Å². The van der Waals surface area contributed by atoms with Crippen molar-refractivity contribution in [2.45, 2.75) is 45.3 Å². The third-order valence-corrected chi connectivity index (χ3v) is 4.99. The summed E-state index contributed by atoms with van der Waals surface area (Å²) in [6.07, 6.45) is -0.638. The van der Waals surface area contributed by atoms with Crippen LogP contribution in [-0.2, 0) is 10.2 Å². The maximum absolute atomic E-state index is 12.4. The molecule has 2 rings (SSSR count). The molecule has 0 bridgehead atoms. The van der Waals surface area contributed by atoms with Crippen LogP contribution in [0, 0.1) is 0 Å². The van der Waals surface area contributed by atoms with Gasteiger partial charge in [-0.15, -0.1) is 11.3 Å². The van der Waals surface area contributed by atoms with E-state index in [1.54, 1.807) is 11.3 Å². The van der Waals surface area contributed by atoms with E-state index in [1.165, 1.54) is 0 Å². The van der Waals surface area contributed by atoms with Gasteiger partial charge in [0.2, 0.25) is 5.91 Å². The van der Waals surface area contributed by atoms with Crippen LogP contribution in [0.2, 0.25) is 0 Å². The Balaban J connectivity index is 1.92. The molecule has 1 heterocycles. The first-order valence-corrected chi connectivity index (χ1v) is 8.95. The number of rotatable bonds is 7. The van der Waals surface area contributed by atoms with E-state index < -0.39 is 11.5 Å². The van der Waals surface area contributed by atoms with E-state index in [2.05, 4.69) is 5.32 Å². The lowest BCUT2D eigenvalue weighted by molar-refractivity contribution is -0.126. The van der Waals surface area contributed by atoms with E-state index in [1.807, 2.05) is 69.5 Å². The zero-order valence-electron chi connectivity index (χ0n) is 14.6. The summed E-state index contributed by atoms with van der Waals surface area (Å²) in [5, 5.41) is 15.1. The molecule has 5 heteroatoms. The quantitative estimate of drug-likeness (QED) is 0.803. The van der Waals surface area contributed by atoms with Gasteiger partial charge in [0.05, 0.1) is 17.6 Å². The average molecular weight is 347 g/mol. The molecule has 0 radical (unpaired) electrons. The van der Waals surface area contributed by atoms with Gasteiger partial charge < -0.3 is 15.2 Å². The van der Waals surface area contributed by atoms with Crippen molar-refractivity contribution in [1.29, 1.82) is 0 Å². The van der Waals surface area contributed by atoms with Crippen molar-refractivity contribution in [3.8, 4) is 5.75 Å². The van der Waals surface area contributed by atoms with Crippen molar-refractivity contribution in [3.05, 3.63) is 52.2 Å². The van der Waals surface area contributed by atoms with Crippen LogP contribution in [0.25, 0.3) is 0 Å². The second-order valence-electron chi connectivity index (χ2n) is 6.56. The van der Waals surface area contributed by atoms with Crippen molar-refractivity contribution in [1.82, 2.24) is 5.32 Å². The second-order valence-corrected chi connectivity index (χ2v) is 7.51. The smallest absolute Gasteiger partial charge is 0.231 e. The number of aliphatic hydroxyl groups is 1. The number of hydrogen-bond acceptors (Lipinski definition) is 4. The largest absolute Gasteiger partial charge is 0.491 e. The minimum Gasteiger partial charge on any atom is -0.491 e. The molecule has 0 aliphatic carbocycles. The van der Waals surface area contributed by atoms with Gasteiger partial charge in [0, 0.05) is 11.4 Å².